The van der Waals surface area contributed by atoms with Crippen LogP contribution in [0.15, 0.2) is 102 Å². The van der Waals surface area contributed by atoms with Gasteiger partial charge in [-0.1, -0.05) is 77.8 Å². The molecule has 0 aliphatic rings. The van der Waals surface area contributed by atoms with Crippen molar-refractivity contribution in [2.24, 2.45) is 0 Å². The van der Waals surface area contributed by atoms with Gasteiger partial charge in [0.1, 0.15) is 18.4 Å². The molecule has 4 aromatic rings. The molecule has 224 valence electrons. The molecule has 43 heavy (non-hydrogen) atoms. The number of nitrogens with zero attached hydrogens (tertiary/aromatic N) is 2. The van der Waals surface area contributed by atoms with Gasteiger partial charge in [0, 0.05) is 25.0 Å². The molecular weight excluding hydrogens is 589 g/mol. The van der Waals surface area contributed by atoms with Crippen LogP contribution in [0.5, 0.6) is 0 Å². The maximum absolute atomic E-state index is 14.3. The Morgan fingerprint density at radius 1 is 0.860 bits per heavy atom. The summed E-state index contributed by atoms with van der Waals surface area (Å²) in [5.74, 6) is -1.49. The van der Waals surface area contributed by atoms with Crippen LogP contribution in [-0.2, 0) is 32.6 Å². The minimum absolute atomic E-state index is 0.00231. The van der Waals surface area contributed by atoms with Gasteiger partial charge in [0.2, 0.25) is 11.8 Å². The first-order valence-electron chi connectivity index (χ1n) is 13.6. The van der Waals surface area contributed by atoms with Gasteiger partial charge >= 0.3 is 0 Å². The molecule has 0 saturated carbocycles. The van der Waals surface area contributed by atoms with Gasteiger partial charge in [-0.15, -0.1) is 0 Å². The summed E-state index contributed by atoms with van der Waals surface area (Å²) < 4.78 is 43.0. The van der Waals surface area contributed by atoms with Crippen LogP contribution in [0.3, 0.4) is 0 Å². The van der Waals surface area contributed by atoms with Crippen LogP contribution in [0.25, 0.3) is 0 Å². The summed E-state index contributed by atoms with van der Waals surface area (Å²) in [5.41, 5.74) is 2.97. The first-order valence-corrected chi connectivity index (χ1v) is 15.5. The van der Waals surface area contributed by atoms with Crippen LogP contribution in [0.2, 0.25) is 5.02 Å². The number of amides is 2. The molecule has 0 saturated heterocycles. The van der Waals surface area contributed by atoms with Crippen molar-refractivity contribution in [3.8, 4) is 0 Å². The minimum atomic E-state index is -4.25. The Balaban J connectivity index is 1.81. The Bertz CT molecular complexity index is 1680. The third-order valence-electron chi connectivity index (χ3n) is 7.18. The van der Waals surface area contributed by atoms with E-state index in [9.17, 15) is 22.4 Å². The zero-order valence-electron chi connectivity index (χ0n) is 24.1. The van der Waals surface area contributed by atoms with E-state index >= 15 is 0 Å². The summed E-state index contributed by atoms with van der Waals surface area (Å²) in [6.45, 7) is 2.86. The monoisotopic (exact) mass is 621 g/mol. The molecule has 0 unspecified atom stereocenters. The largest absolute Gasteiger partial charge is 0.357 e. The summed E-state index contributed by atoms with van der Waals surface area (Å²) in [6.07, 6.45) is 0.175. The van der Waals surface area contributed by atoms with E-state index in [4.69, 9.17) is 11.6 Å². The molecule has 0 bridgehead atoms. The first-order chi connectivity index (χ1) is 20.5. The number of sulfonamides is 1. The molecule has 4 rings (SSSR count). The standard InChI is InChI=1S/C33H33ClFN3O4S/c1-23-12-18-28(19-13-23)43(41,42)38(30-11-7-10-29(34)24(30)2)22-32(39)37(21-26-14-16-27(35)17-15-26)31(33(40)36-3)20-25-8-5-4-6-9-25/h4-19,31H,20-22H2,1-3H3,(H,36,40)/t31-/m0/s1. The van der Waals surface area contributed by atoms with Crippen molar-refractivity contribution < 1.29 is 22.4 Å². The molecule has 0 spiro atoms. The number of carbonyl (C=O) groups excluding carboxylic acids is 2. The normalized spacial score (nSPS) is 11.9. The fourth-order valence-electron chi connectivity index (χ4n) is 4.72. The van der Waals surface area contributed by atoms with Crippen molar-refractivity contribution in [3.63, 3.8) is 0 Å². The zero-order chi connectivity index (χ0) is 31.1. The number of benzene rings is 4. The quantitative estimate of drug-likeness (QED) is 0.234. The van der Waals surface area contributed by atoms with Crippen LogP contribution in [0, 0.1) is 19.7 Å². The highest BCUT2D eigenvalue weighted by atomic mass is 35.5. The molecule has 4 aromatic carbocycles. The average Bonchev–Trinajstić information content (AvgIpc) is 3.00. The van der Waals surface area contributed by atoms with E-state index in [0.29, 0.717) is 16.1 Å². The van der Waals surface area contributed by atoms with Gasteiger partial charge in [-0.3, -0.25) is 13.9 Å². The maximum atomic E-state index is 14.3. The molecule has 1 atom stereocenters. The smallest absolute Gasteiger partial charge is 0.264 e. The molecular formula is C33H33ClFN3O4S. The Labute approximate surface area is 257 Å². The molecule has 0 aromatic heterocycles. The van der Waals surface area contributed by atoms with Crippen LogP contribution in [-0.4, -0.2) is 44.8 Å². The Hall–Kier alpha value is -4.21. The second kappa shape index (κ2) is 13.8. The highest BCUT2D eigenvalue weighted by Gasteiger charge is 2.35. The summed E-state index contributed by atoms with van der Waals surface area (Å²) in [5, 5.41) is 2.97. The van der Waals surface area contributed by atoms with Gasteiger partial charge in [0.25, 0.3) is 10.0 Å². The number of hydrogen-bond donors (Lipinski definition) is 1. The van der Waals surface area contributed by atoms with Gasteiger partial charge in [-0.2, -0.15) is 0 Å². The third kappa shape index (κ3) is 7.60. The number of anilines is 1. The summed E-state index contributed by atoms with van der Waals surface area (Å²) in [4.78, 5) is 29.0. The number of halogens is 2. The fraction of sp³-hybridized carbons (Fsp3) is 0.212. The third-order valence-corrected chi connectivity index (χ3v) is 9.36. The van der Waals surface area contributed by atoms with E-state index in [1.165, 1.54) is 48.3 Å². The molecule has 1 N–H and O–H groups in total. The van der Waals surface area contributed by atoms with Gasteiger partial charge in [0.15, 0.2) is 0 Å². The van der Waals surface area contributed by atoms with Crippen LogP contribution >= 0.6 is 11.6 Å². The van der Waals surface area contributed by atoms with E-state index in [0.717, 1.165) is 15.4 Å². The van der Waals surface area contributed by atoms with E-state index in [-0.39, 0.29) is 23.5 Å². The number of nitrogens with one attached hydrogen (secondary N) is 1. The van der Waals surface area contributed by atoms with Crippen LogP contribution < -0.4 is 9.62 Å². The molecule has 0 aliphatic carbocycles. The number of aryl methyl sites for hydroxylation is 1. The lowest BCUT2D eigenvalue weighted by atomic mass is 10.0. The first kappa shape index (κ1) is 31.7. The minimum Gasteiger partial charge on any atom is -0.357 e. The van der Waals surface area contributed by atoms with Gasteiger partial charge in [-0.05, 0) is 66.9 Å². The van der Waals surface area contributed by atoms with Crippen molar-refractivity contribution in [3.05, 3.63) is 130 Å². The van der Waals surface area contributed by atoms with Gasteiger partial charge in [0.05, 0.1) is 10.6 Å². The second-order valence-corrected chi connectivity index (χ2v) is 12.4. The molecule has 10 heteroatoms. The van der Waals surface area contributed by atoms with Crippen molar-refractivity contribution in [2.75, 3.05) is 17.9 Å². The highest BCUT2D eigenvalue weighted by Crippen LogP contribution is 2.31. The molecule has 0 fully saturated rings. The Morgan fingerprint density at radius 2 is 1.51 bits per heavy atom. The number of carbonyl (C=O) groups is 2. The van der Waals surface area contributed by atoms with E-state index in [1.54, 1.807) is 37.3 Å². The van der Waals surface area contributed by atoms with Crippen molar-refractivity contribution in [1.29, 1.82) is 0 Å². The van der Waals surface area contributed by atoms with E-state index < -0.39 is 40.2 Å². The van der Waals surface area contributed by atoms with Crippen molar-refractivity contribution in [2.45, 2.75) is 37.8 Å². The fourth-order valence-corrected chi connectivity index (χ4v) is 6.37. The molecule has 0 aliphatic heterocycles. The Morgan fingerprint density at radius 3 is 2.14 bits per heavy atom. The van der Waals surface area contributed by atoms with Gasteiger partial charge < -0.3 is 10.2 Å². The van der Waals surface area contributed by atoms with E-state index in [2.05, 4.69) is 5.32 Å². The topological polar surface area (TPSA) is 86.8 Å². The maximum Gasteiger partial charge on any atom is 0.264 e. The molecule has 0 heterocycles. The SMILES string of the molecule is CNC(=O)[C@H](Cc1ccccc1)N(Cc1ccc(F)cc1)C(=O)CN(c1cccc(Cl)c1C)S(=O)(=O)c1ccc(C)cc1. The lowest BCUT2D eigenvalue weighted by Gasteiger charge is -2.34. The predicted molar refractivity (Wildman–Crippen MR) is 167 cm³/mol. The summed E-state index contributed by atoms with van der Waals surface area (Å²) >= 11 is 6.39. The number of likely N-dealkylation sites (N-methyl/N-ethyl adjacent to an activating group) is 1. The second-order valence-electron chi connectivity index (χ2n) is 10.2. The number of hydrogen-bond acceptors (Lipinski definition) is 4. The Kier molecular flexibility index (Phi) is 10.2. The molecule has 0 radical (unpaired) electrons. The van der Waals surface area contributed by atoms with Crippen molar-refractivity contribution in [1.82, 2.24) is 10.2 Å². The average molecular weight is 622 g/mol. The van der Waals surface area contributed by atoms with Gasteiger partial charge in [-0.25, -0.2) is 12.8 Å². The van der Waals surface area contributed by atoms with Crippen LogP contribution in [0.1, 0.15) is 22.3 Å². The molecule has 7 nitrogen and oxygen atoms in total. The van der Waals surface area contributed by atoms with Crippen molar-refractivity contribution >= 4 is 39.1 Å². The van der Waals surface area contributed by atoms with E-state index in [1.807, 2.05) is 37.3 Å². The zero-order valence-corrected chi connectivity index (χ0v) is 25.7. The summed E-state index contributed by atoms with van der Waals surface area (Å²) in [6, 6.07) is 25.0. The van der Waals surface area contributed by atoms with Crippen LogP contribution in [0.4, 0.5) is 10.1 Å². The highest BCUT2D eigenvalue weighted by molar-refractivity contribution is 7.92. The lowest BCUT2D eigenvalue weighted by molar-refractivity contribution is -0.139. The number of rotatable bonds is 11. The predicted octanol–water partition coefficient (Wildman–Crippen LogP) is 5.68. The summed E-state index contributed by atoms with van der Waals surface area (Å²) in [7, 11) is -2.77. The molecule has 2 amide bonds. The lowest BCUT2D eigenvalue weighted by Crippen LogP contribution is -2.53.